The van der Waals surface area contributed by atoms with Crippen molar-refractivity contribution in [2.75, 3.05) is 11.9 Å². The van der Waals surface area contributed by atoms with E-state index in [1.54, 1.807) is 6.08 Å². The fourth-order valence-corrected chi connectivity index (χ4v) is 2.90. The van der Waals surface area contributed by atoms with Crippen LogP contribution in [0.2, 0.25) is 0 Å². The van der Waals surface area contributed by atoms with Crippen molar-refractivity contribution in [2.24, 2.45) is 10.7 Å². The van der Waals surface area contributed by atoms with Crippen LogP contribution < -0.4 is 15.8 Å². The van der Waals surface area contributed by atoms with Crippen molar-refractivity contribution in [3.8, 4) is 5.75 Å². The Morgan fingerprint density at radius 2 is 2.00 bits per heavy atom. The first-order valence-corrected chi connectivity index (χ1v) is 7.68. The van der Waals surface area contributed by atoms with Crippen molar-refractivity contribution >= 4 is 22.9 Å². The highest BCUT2D eigenvalue weighted by molar-refractivity contribution is 5.94. The van der Waals surface area contributed by atoms with Gasteiger partial charge in [-0.2, -0.15) is 0 Å². The predicted molar refractivity (Wildman–Crippen MR) is 95.3 cm³/mol. The number of nitrogens with one attached hydrogen (secondary N) is 1. The number of nitrogens with zero attached hydrogens (tertiary/aromatic N) is 3. The molecule has 0 radical (unpaired) electrons. The highest BCUT2D eigenvalue weighted by Crippen LogP contribution is 2.36. The molecule has 1 aliphatic rings. The summed E-state index contributed by atoms with van der Waals surface area (Å²) in [5, 5.41) is 3.03. The van der Waals surface area contributed by atoms with Gasteiger partial charge in [0.2, 0.25) is 5.95 Å². The minimum Gasteiger partial charge on any atom is -0.489 e. The Morgan fingerprint density at radius 1 is 1.21 bits per heavy atom. The van der Waals surface area contributed by atoms with Gasteiger partial charge >= 0.3 is 0 Å². The maximum atomic E-state index is 5.98. The average molecular weight is 319 g/mol. The van der Waals surface area contributed by atoms with E-state index < -0.39 is 0 Å². The van der Waals surface area contributed by atoms with Gasteiger partial charge in [0.1, 0.15) is 12.4 Å². The van der Waals surface area contributed by atoms with Gasteiger partial charge in [-0.15, -0.1) is 0 Å². The van der Waals surface area contributed by atoms with Gasteiger partial charge in [0, 0.05) is 5.56 Å². The van der Waals surface area contributed by atoms with Crippen LogP contribution in [0.25, 0.3) is 11.0 Å². The van der Waals surface area contributed by atoms with Crippen LogP contribution in [0.1, 0.15) is 11.7 Å². The van der Waals surface area contributed by atoms with Gasteiger partial charge in [0.25, 0.3) is 0 Å². The van der Waals surface area contributed by atoms with Crippen LogP contribution in [-0.4, -0.2) is 22.1 Å². The quantitative estimate of drug-likeness (QED) is 0.725. The Hall–Kier alpha value is -3.28. The molecule has 0 unspecified atom stereocenters. The molecule has 0 amide bonds. The molecule has 4 rings (SSSR count). The van der Waals surface area contributed by atoms with Crippen molar-refractivity contribution in [3.05, 3.63) is 66.7 Å². The van der Waals surface area contributed by atoms with Crippen molar-refractivity contribution in [3.63, 3.8) is 0 Å². The summed E-state index contributed by atoms with van der Waals surface area (Å²) in [5.74, 6) is 1.76. The third-order valence-corrected chi connectivity index (χ3v) is 3.90. The molecule has 120 valence electrons. The van der Waals surface area contributed by atoms with Gasteiger partial charge in [-0.05, 0) is 18.2 Å². The van der Waals surface area contributed by atoms with Crippen molar-refractivity contribution < 1.29 is 4.74 Å². The van der Waals surface area contributed by atoms with Gasteiger partial charge in [0.15, 0.2) is 12.1 Å². The zero-order valence-corrected chi connectivity index (χ0v) is 13.0. The number of benzene rings is 2. The molecule has 1 aliphatic heterocycles. The molecule has 6 heteroatoms. The molecule has 2 aromatic carbocycles. The summed E-state index contributed by atoms with van der Waals surface area (Å²) in [7, 11) is 0. The number of fused-ring (bicyclic) bond motifs is 3. The zero-order chi connectivity index (χ0) is 16.5. The lowest BCUT2D eigenvalue weighted by Gasteiger charge is -2.25. The molecule has 3 aromatic rings. The first-order chi connectivity index (χ1) is 11.8. The van der Waals surface area contributed by atoms with E-state index in [2.05, 4.69) is 21.9 Å². The molecular formula is C18H17N5O. The van der Waals surface area contributed by atoms with E-state index in [4.69, 9.17) is 10.5 Å². The summed E-state index contributed by atoms with van der Waals surface area (Å²) in [6, 6.07) is 15.7. The number of anilines is 1. The number of rotatable bonds is 4. The SMILES string of the molecule is C=CCOc1ccccc1[C@H]1N=C(N)Nc2nc3ccccc3n21. The number of guanidine groups is 1. The Bertz CT molecular complexity index is 943. The van der Waals surface area contributed by atoms with Crippen LogP contribution in [-0.2, 0) is 0 Å². The van der Waals surface area contributed by atoms with E-state index in [0.29, 0.717) is 18.5 Å². The second-order valence-corrected chi connectivity index (χ2v) is 5.44. The van der Waals surface area contributed by atoms with Crippen LogP contribution in [0, 0.1) is 0 Å². The molecule has 0 saturated carbocycles. The summed E-state index contributed by atoms with van der Waals surface area (Å²) >= 11 is 0. The van der Waals surface area contributed by atoms with E-state index >= 15 is 0 Å². The number of nitrogens with two attached hydrogens (primary N) is 1. The van der Waals surface area contributed by atoms with Crippen LogP contribution in [0.4, 0.5) is 5.95 Å². The standard InChI is InChI=1S/C18H17N5O/c1-2-11-24-15-10-6-3-7-12(15)16-21-17(19)22-18-20-13-8-4-5-9-14(13)23(16)18/h2-10,16H,1,11H2,(H3,19,20,21,22)/t16-/m0/s1. The Balaban J connectivity index is 1.90. The Labute approximate surface area is 139 Å². The number of ether oxygens (including phenoxy) is 1. The lowest BCUT2D eigenvalue weighted by Crippen LogP contribution is -2.31. The number of hydrogen-bond donors (Lipinski definition) is 2. The Kier molecular flexibility index (Phi) is 3.42. The lowest BCUT2D eigenvalue weighted by molar-refractivity contribution is 0.354. The fraction of sp³-hybridized carbons (Fsp3) is 0.111. The van der Waals surface area contributed by atoms with Crippen LogP contribution >= 0.6 is 0 Å². The van der Waals surface area contributed by atoms with Gasteiger partial charge in [0.05, 0.1) is 11.0 Å². The van der Waals surface area contributed by atoms with Crippen LogP contribution in [0.15, 0.2) is 66.2 Å². The smallest absolute Gasteiger partial charge is 0.212 e. The summed E-state index contributed by atoms with van der Waals surface area (Å²) in [6.45, 7) is 4.13. The molecule has 3 N–H and O–H groups in total. The summed E-state index contributed by atoms with van der Waals surface area (Å²) in [4.78, 5) is 9.19. The van der Waals surface area contributed by atoms with E-state index in [1.807, 2.05) is 53.1 Å². The topological polar surface area (TPSA) is 77.5 Å². The number of aliphatic imine (C=N–C) groups is 1. The molecule has 2 heterocycles. The van der Waals surface area contributed by atoms with Gasteiger partial charge in [-0.25, -0.2) is 9.98 Å². The van der Waals surface area contributed by atoms with Crippen molar-refractivity contribution in [2.45, 2.75) is 6.17 Å². The Morgan fingerprint density at radius 3 is 2.88 bits per heavy atom. The second kappa shape index (κ2) is 5.73. The number of hydrogen-bond acceptors (Lipinski definition) is 5. The van der Waals surface area contributed by atoms with E-state index in [9.17, 15) is 0 Å². The number of para-hydroxylation sites is 3. The first-order valence-electron chi connectivity index (χ1n) is 7.68. The van der Waals surface area contributed by atoms with Gasteiger partial charge in [-0.3, -0.25) is 9.88 Å². The molecule has 0 fully saturated rings. The summed E-state index contributed by atoms with van der Waals surface area (Å²) < 4.78 is 7.83. The molecule has 6 nitrogen and oxygen atoms in total. The third kappa shape index (κ3) is 2.28. The second-order valence-electron chi connectivity index (χ2n) is 5.44. The molecule has 0 aliphatic carbocycles. The maximum absolute atomic E-state index is 5.98. The normalized spacial score (nSPS) is 16.2. The highest BCUT2D eigenvalue weighted by Gasteiger charge is 2.27. The van der Waals surface area contributed by atoms with Crippen molar-refractivity contribution in [1.29, 1.82) is 0 Å². The third-order valence-electron chi connectivity index (χ3n) is 3.90. The fourth-order valence-electron chi connectivity index (χ4n) is 2.90. The zero-order valence-electron chi connectivity index (χ0n) is 13.0. The largest absolute Gasteiger partial charge is 0.489 e. The van der Waals surface area contributed by atoms with E-state index in [-0.39, 0.29) is 6.17 Å². The predicted octanol–water partition coefficient (Wildman–Crippen LogP) is 2.89. The number of imidazole rings is 1. The maximum Gasteiger partial charge on any atom is 0.212 e. The van der Waals surface area contributed by atoms with Crippen LogP contribution in [0.3, 0.4) is 0 Å². The summed E-state index contributed by atoms with van der Waals surface area (Å²) in [6.07, 6.45) is 1.38. The molecule has 24 heavy (non-hydrogen) atoms. The molecule has 0 saturated heterocycles. The first kappa shape index (κ1) is 14.3. The molecule has 0 spiro atoms. The average Bonchev–Trinajstić information content (AvgIpc) is 2.97. The van der Waals surface area contributed by atoms with Crippen molar-refractivity contribution in [1.82, 2.24) is 9.55 Å². The van der Waals surface area contributed by atoms with E-state index in [0.717, 1.165) is 22.3 Å². The minimum absolute atomic E-state index is 0.335. The molecular weight excluding hydrogens is 302 g/mol. The number of aromatic nitrogens is 2. The monoisotopic (exact) mass is 319 g/mol. The molecule has 1 aromatic heterocycles. The lowest BCUT2D eigenvalue weighted by atomic mass is 10.1. The van der Waals surface area contributed by atoms with Crippen LogP contribution in [0.5, 0.6) is 5.75 Å². The summed E-state index contributed by atoms with van der Waals surface area (Å²) in [5.41, 5.74) is 8.78. The minimum atomic E-state index is -0.338. The highest BCUT2D eigenvalue weighted by atomic mass is 16.5. The van der Waals surface area contributed by atoms with Gasteiger partial charge in [-0.1, -0.05) is 43.0 Å². The molecule has 1 atom stereocenters. The van der Waals surface area contributed by atoms with Gasteiger partial charge < -0.3 is 10.5 Å². The molecule has 0 bridgehead atoms. The van der Waals surface area contributed by atoms with E-state index in [1.165, 1.54) is 0 Å².